The van der Waals surface area contributed by atoms with Crippen LogP contribution in [0.1, 0.15) is 16.7 Å². The second kappa shape index (κ2) is 15.3. The number of carbonyl (C=O) groups excluding carboxylic acids is 1. The largest absolute Gasteiger partial charge is 0.465 e. The van der Waals surface area contributed by atoms with Crippen LogP contribution in [0.5, 0.6) is 5.75 Å². The number of anilines is 2. The Kier molecular flexibility index (Phi) is 10.8. The van der Waals surface area contributed by atoms with Crippen LogP contribution < -0.4 is 14.5 Å². The van der Waals surface area contributed by atoms with Crippen LogP contribution in [0.25, 0.3) is 0 Å². The van der Waals surface area contributed by atoms with Crippen molar-refractivity contribution in [1.29, 1.82) is 0 Å². The molecule has 0 radical (unpaired) electrons. The second-order valence-corrected chi connectivity index (χ2v) is 11.0. The van der Waals surface area contributed by atoms with Crippen LogP contribution in [0.3, 0.4) is 0 Å². The Morgan fingerprint density at radius 2 is 1.13 bits per heavy atom. The first-order valence-corrected chi connectivity index (χ1v) is 15.2. The molecule has 2 aliphatic rings. The van der Waals surface area contributed by atoms with Crippen molar-refractivity contribution in [1.82, 2.24) is 19.8 Å². The zero-order valence-electron chi connectivity index (χ0n) is 25.6. The average Bonchev–Trinajstić information content (AvgIpc) is 3.10. The third-order valence-corrected chi connectivity index (χ3v) is 7.85. The van der Waals surface area contributed by atoms with Gasteiger partial charge >= 0.3 is 18.4 Å². The molecule has 2 aromatic carbocycles. The van der Waals surface area contributed by atoms with Crippen molar-refractivity contribution in [2.75, 3.05) is 62.2 Å². The molecule has 2 amide bonds. The molecule has 13 heteroatoms. The Morgan fingerprint density at radius 1 is 0.660 bits per heavy atom. The van der Waals surface area contributed by atoms with Crippen LogP contribution in [0, 0.1) is 0 Å². The van der Waals surface area contributed by atoms with Crippen molar-refractivity contribution in [3.63, 3.8) is 0 Å². The van der Waals surface area contributed by atoms with Crippen LogP contribution in [-0.2, 0) is 12.6 Å². The molecule has 4 heterocycles. The highest BCUT2D eigenvalue weighted by atomic mass is 19.4. The van der Waals surface area contributed by atoms with E-state index in [1.54, 1.807) is 41.6 Å². The number of amides is 2. The van der Waals surface area contributed by atoms with Gasteiger partial charge < -0.3 is 29.4 Å². The average molecular weight is 649 g/mol. The third-order valence-electron chi connectivity index (χ3n) is 7.85. The molecule has 0 unspecified atom stereocenters. The molecule has 2 saturated heterocycles. The molecule has 246 valence electrons. The highest BCUT2D eigenvalue weighted by molar-refractivity contribution is 5.71. The lowest BCUT2D eigenvalue weighted by Crippen LogP contribution is -2.49. The molecule has 0 bridgehead atoms. The summed E-state index contributed by atoms with van der Waals surface area (Å²) in [6, 6.07) is 23.6. The molecular weight excluding hydrogens is 613 g/mol. The summed E-state index contributed by atoms with van der Waals surface area (Å²) in [6.07, 6.45) is -1.59. The molecule has 2 aromatic heterocycles. The number of rotatable bonds is 5. The van der Waals surface area contributed by atoms with Crippen molar-refractivity contribution in [3.8, 4) is 5.75 Å². The zero-order chi connectivity index (χ0) is 33.2. The van der Waals surface area contributed by atoms with Crippen molar-refractivity contribution in [2.24, 2.45) is 0 Å². The van der Waals surface area contributed by atoms with Gasteiger partial charge in [-0.25, -0.2) is 19.6 Å². The van der Waals surface area contributed by atoms with Gasteiger partial charge in [0, 0.05) is 64.8 Å². The highest BCUT2D eigenvalue weighted by Crippen LogP contribution is 2.29. The normalized spacial score (nSPS) is 15.0. The van der Waals surface area contributed by atoms with E-state index in [1.807, 2.05) is 36.4 Å². The minimum absolute atomic E-state index is 0.402. The fourth-order valence-electron chi connectivity index (χ4n) is 5.21. The number of piperazine rings is 2. The summed E-state index contributed by atoms with van der Waals surface area (Å²) in [5.41, 5.74) is 1.02. The number of hydrogen-bond acceptors (Lipinski definition) is 7. The molecule has 10 nitrogen and oxygen atoms in total. The molecular formula is C34H35F3N6O4. The summed E-state index contributed by atoms with van der Waals surface area (Å²) < 4.78 is 43.5. The van der Waals surface area contributed by atoms with E-state index in [9.17, 15) is 22.8 Å². The fraction of sp³-hybridized carbons (Fsp3) is 0.294. The van der Waals surface area contributed by atoms with Gasteiger partial charge in [0.1, 0.15) is 17.4 Å². The first-order valence-electron chi connectivity index (χ1n) is 15.2. The molecule has 0 saturated carbocycles. The van der Waals surface area contributed by atoms with Crippen LogP contribution >= 0.6 is 0 Å². The Labute approximate surface area is 270 Å². The van der Waals surface area contributed by atoms with E-state index in [4.69, 9.17) is 9.84 Å². The molecule has 47 heavy (non-hydrogen) atoms. The Bertz CT molecular complexity index is 1580. The Morgan fingerprint density at radius 3 is 1.55 bits per heavy atom. The summed E-state index contributed by atoms with van der Waals surface area (Å²) >= 11 is 0. The first-order chi connectivity index (χ1) is 22.7. The number of carboxylic acid groups (broad SMARTS) is 1. The minimum atomic E-state index is -4.34. The van der Waals surface area contributed by atoms with E-state index in [2.05, 4.69) is 19.8 Å². The van der Waals surface area contributed by atoms with E-state index < -0.39 is 23.9 Å². The van der Waals surface area contributed by atoms with Gasteiger partial charge in [-0.2, -0.15) is 13.2 Å². The lowest BCUT2D eigenvalue weighted by atomic mass is 10.0. The SMILES string of the molecule is O=C(O)N1CCN(c2ccccn2)CC1.O=C(Oc1ccc(Cc2ccc(C(F)(F)F)cc2)cc1)N1CCN(c2ccccn2)CC1. The van der Waals surface area contributed by atoms with Gasteiger partial charge in [0.05, 0.1) is 5.56 Å². The van der Waals surface area contributed by atoms with Crippen molar-refractivity contribution >= 4 is 23.8 Å². The van der Waals surface area contributed by atoms with Gasteiger partial charge in [-0.3, -0.25) is 0 Å². The number of ether oxygens (including phenoxy) is 1. The van der Waals surface area contributed by atoms with Crippen molar-refractivity contribution in [2.45, 2.75) is 12.6 Å². The monoisotopic (exact) mass is 648 g/mol. The molecule has 0 aliphatic carbocycles. The number of carbonyl (C=O) groups is 2. The fourth-order valence-corrected chi connectivity index (χ4v) is 5.21. The number of hydrogen-bond donors (Lipinski definition) is 1. The standard InChI is InChI=1S/C24H22F3N3O2.C10H13N3O2/c25-24(26,27)20-8-4-18(5-9-20)17-19-6-10-21(11-7-19)32-23(31)30-15-13-29(14-16-30)22-3-1-2-12-28-22;14-10(15)13-7-5-12(6-8-13)9-3-1-2-4-11-9/h1-12H,13-17H2;1-4H,5-8H2,(H,14,15). The van der Waals surface area contributed by atoms with Crippen LogP contribution in [0.4, 0.5) is 34.4 Å². The second-order valence-electron chi connectivity index (χ2n) is 11.0. The first kappa shape index (κ1) is 33.0. The van der Waals surface area contributed by atoms with E-state index in [0.29, 0.717) is 64.5 Å². The van der Waals surface area contributed by atoms with Crippen LogP contribution in [0.2, 0.25) is 0 Å². The minimum Gasteiger partial charge on any atom is -0.465 e. The highest BCUT2D eigenvalue weighted by Gasteiger charge is 2.30. The zero-order valence-corrected chi connectivity index (χ0v) is 25.6. The molecule has 6 rings (SSSR count). The van der Waals surface area contributed by atoms with E-state index in [-0.39, 0.29) is 0 Å². The smallest absolute Gasteiger partial charge is 0.416 e. The summed E-state index contributed by atoms with van der Waals surface area (Å²) in [7, 11) is 0. The van der Waals surface area contributed by atoms with Gasteiger partial charge in [-0.05, 0) is 66.1 Å². The molecule has 4 aromatic rings. The van der Waals surface area contributed by atoms with Gasteiger partial charge in [0.15, 0.2) is 0 Å². The molecule has 1 N–H and O–H groups in total. The maximum Gasteiger partial charge on any atom is 0.416 e. The van der Waals surface area contributed by atoms with Crippen molar-refractivity contribution in [3.05, 3.63) is 114 Å². The summed E-state index contributed by atoms with van der Waals surface area (Å²) in [5, 5.41) is 8.79. The lowest BCUT2D eigenvalue weighted by Gasteiger charge is -2.34. The summed E-state index contributed by atoms with van der Waals surface area (Å²) in [5.74, 6) is 2.24. The van der Waals surface area contributed by atoms with Gasteiger partial charge in [-0.1, -0.05) is 36.4 Å². The molecule has 2 aliphatic heterocycles. The lowest BCUT2D eigenvalue weighted by molar-refractivity contribution is -0.137. The number of halogens is 3. The number of aromatic nitrogens is 2. The Hall–Kier alpha value is -5.33. The van der Waals surface area contributed by atoms with Crippen molar-refractivity contribution < 1.29 is 32.6 Å². The maximum atomic E-state index is 12.7. The molecule has 0 spiro atoms. The van der Waals surface area contributed by atoms with Gasteiger partial charge in [-0.15, -0.1) is 0 Å². The van der Waals surface area contributed by atoms with E-state index in [1.165, 1.54) is 17.0 Å². The van der Waals surface area contributed by atoms with Gasteiger partial charge in [0.25, 0.3) is 0 Å². The maximum absolute atomic E-state index is 12.7. The number of pyridine rings is 2. The third kappa shape index (κ3) is 9.35. The number of nitrogens with zero attached hydrogens (tertiary/aromatic N) is 6. The van der Waals surface area contributed by atoms with Crippen LogP contribution in [0.15, 0.2) is 97.3 Å². The van der Waals surface area contributed by atoms with Gasteiger partial charge in [0.2, 0.25) is 0 Å². The predicted octanol–water partition coefficient (Wildman–Crippen LogP) is 5.89. The Balaban J connectivity index is 0.000000241. The summed E-state index contributed by atoms with van der Waals surface area (Å²) in [4.78, 5) is 39.0. The van der Waals surface area contributed by atoms with Crippen LogP contribution in [-0.4, -0.2) is 89.4 Å². The van der Waals surface area contributed by atoms with E-state index >= 15 is 0 Å². The number of alkyl halides is 3. The number of benzene rings is 2. The topological polar surface area (TPSA) is 102 Å². The predicted molar refractivity (Wildman–Crippen MR) is 171 cm³/mol. The summed E-state index contributed by atoms with van der Waals surface area (Å²) in [6.45, 7) is 4.96. The quantitative estimate of drug-likeness (QED) is 0.286. The molecule has 0 atom stereocenters. The molecule has 2 fully saturated rings. The van der Waals surface area contributed by atoms with E-state index in [0.717, 1.165) is 34.9 Å².